The van der Waals surface area contributed by atoms with Gasteiger partial charge < -0.3 is 9.67 Å². The molecule has 3 rings (SSSR count). The normalized spacial score (nSPS) is 14.7. The van der Waals surface area contributed by atoms with E-state index in [-0.39, 0.29) is 17.2 Å². The minimum atomic E-state index is -4.54. The standard InChI is InChI=1S/C17H14F3NO3/c1-9-14(10-3-2-4-11(7-10)17(18,19)20)15(22)13(16(23)24)8-21(9)12-5-6-12/h2-4,7-8,12H,5-6H2,1H3,(H,23,24). The molecule has 2 aromatic rings. The number of nitrogens with zero attached hydrogens (tertiary/aromatic N) is 1. The highest BCUT2D eigenvalue weighted by molar-refractivity contribution is 5.89. The fourth-order valence-corrected chi connectivity index (χ4v) is 2.80. The third kappa shape index (κ3) is 2.81. The Morgan fingerprint density at radius 3 is 2.50 bits per heavy atom. The fourth-order valence-electron chi connectivity index (χ4n) is 2.80. The molecule has 1 aliphatic carbocycles. The molecule has 1 heterocycles. The van der Waals surface area contributed by atoms with E-state index in [4.69, 9.17) is 0 Å². The first kappa shape index (κ1) is 16.3. The van der Waals surface area contributed by atoms with E-state index in [1.165, 1.54) is 18.3 Å². The lowest BCUT2D eigenvalue weighted by Gasteiger charge is -2.16. The molecule has 24 heavy (non-hydrogen) atoms. The predicted molar refractivity (Wildman–Crippen MR) is 81.1 cm³/mol. The van der Waals surface area contributed by atoms with E-state index in [1.54, 1.807) is 11.5 Å². The third-order valence-electron chi connectivity index (χ3n) is 4.14. The van der Waals surface area contributed by atoms with Crippen molar-refractivity contribution in [2.75, 3.05) is 0 Å². The fraction of sp³-hybridized carbons (Fsp3) is 0.294. The number of carboxylic acid groups (broad SMARTS) is 1. The van der Waals surface area contributed by atoms with E-state index in [2.05, 4.69) is 0 Å². The van der Waals surface area contributed by atoms with Crippen LogP contribution in [0.25, 0.3) is 11.1 Å². The van der Waals surface area contributed by atoms with Crippen molar-refractivity contribution in [2.24, 2.45) is 0 Å². The number of alkyl halides is 3. The second kappa shape index (κ2) is 5.51. The van der Waals surface area contributed by atoms with Crippen molar-refractivity contribution in [1.82, 2.24) is 4.57 Å². The SMILES string of the molecule is Cc1c(-c2cccc(C(F)(F)F)c2)c(=O)c(C(=O)O)cn1C1CC1. The summed E-state index contributed by atoms with van der Waals surface area (Å²) in [6, 6.07) is 4.49. The number of hydrogen-bond acceptors (Lipinski definition) is 2. The van der Waals surface area contributed by atoms with Gasteiger partial charge in [0.1, 0.15) is 5.56 Å². The summed E-state index contributed by atoms with van der Waals surface area (Å²) in [5, 5.41) is 9.25. The van der Waals surface area contributed by atoms with Crippen LogP contribution in [0.15, 0.2) is 35.3 Å². The van der Waals surface area contributed by atoms with Crippen LogP contribution in [0, 0.1) is 6.92 Å². The Morgan fingerprint density at radius 2 is 1.96 bits per heavy atom. The molecule has 0 atom stereocenters. The van der Waals surface area contributed by atoms with Crippen molar-refractivity contribution in [1.29, 1.82) is 0 Å². The number of carboxylic acids is 1. The number of hydrogen-bond donors (Lipinski definition) is 1. The van der Waals surface area contributed by atoms with E-state index in [0.717, 1.165) is 25.0 Å². The van der Waals surface area contributed by atoms with Crippen LogP contribution in [0.1, 0.15) is 40.5 Å². The molecule has 0 amide bonds. The monoisotopic (exact) mass is 337 g/mol. The van der Waals surface area contributed by atoms with Crippen molar-refractivity contribution in [3.05, 3.63) is 57.5 Å². The highest BCUT2D eigenvalue weighted by Gasteiger charge is 2.32. The van der Waals surface area contributed by atoms with Crippen molar-refractivity contribution in [2.45, 2.75) is 32.0 Å². The van der Waals surface area contributed by atoms with E-state index < -0.39 is 28.7 Å². The predicted octanol–water partition coefficient (Wildman–Crippen LogP) is 3.88. The number of pyridine rings is 1. The quantitative estimate of drug-likeness (QED) is 0.925. The molecule has 1 aliphatic rings. The lowest BCUT2D eigenvalue weighted by Crippen LogP contribution is -2.22. The summed E-state index contributed by atoms with van der Waals surface area (Å²) in [5.74, 6) is -1.39. The van der Waals surface area contributed by atoms with Crippen LogP contribution in [0.4, 0.5) is 13.2 Å². The van der Waals surface area contributed by atoms with Gasteiger partial charge in [-0.05, 0) is 37.5 Å². The van der Waals surface area contributed by atoms with Gasteiger partial charge >= 0.3 is 12.1 Å². The van der Waals surface area contributed by atoms with Crippen LogP contribution >= 0.6 is 0 Å². The Labute approximate surface area is 135 Å². The number of aromatic nitrogens is 1. The summed E-state index contributed by atoms with van der Waals surface area (Å²) in [7, 11) is 0. The van der Waals surface area contributed by atoms with Gasteiger partial charge in [-0.1, -0.05) is 12.1 Å². The smallest absolute Gasteiger partial charge is 0.416 e. The van der Waals surface area contributed by atoms with Crippen LogP contribution in [0.3, 0.4) is 0 Å². The third-order valence-corrected chi connectivity index (χ3v) is 4.14. The van der Waals surface area contributed by atoms with E-state index in [1.807, 2.05) is 0 Å². The zero-order valence-electron chi connectivity index (χ0n) is 12.7. The Balaban J connectivity index is 2.28. The Morgan fingerprint density at radius 1 is 1.29 bits per heavy atom. The molecule has 1 aromatic heterocycles. The Hall–Kier alpha value is -2.57. The van der Waals surface area contributed by atoms with Gasteiger partial charge in [-0.25, -0.2) is 4.79 Å². The van der Waals surface area contributed by atoms with Crippen LogP contribution in [0.5, 0.6) is 0 Å². The van der Waals surface area contributed by atoms with Gasteiger partial charge in [-0.2, -0.15) is 13.2 Å². The summed E-state index contributed by atoms with van der Waals surface area (Å²) in [4.78, 5) is 23.9. The highest BCUT2D eigenvalue weighted by Crippen LogP contribution is 2.38. The lowest BCUT2D eigenvalue weighted by molar-refractivity contribution is -0.137. The maximum Gasteiger partial charge on any atom is 0.416 e. The average Bonchev–Trinajstić information content (AvgIpc) is 3.31. The summed E-state index contributed by atoms with van der Waals surface area (Å²) in [6.07, 6.45) is -1.55. The maximum absolute atomic E-state index is 12.9. The highest BCUT2D eigenvalue weighted by atomic mass is 19.4. The van der Waals surface area contributed by atoms with E-state index in [9.17, 15) is 27.9 Å². The van der Waals surface area contributed by atoms with Gasteiger partial charge in [0.25, 0.3) is 0 Å². The van der Waals surface area contributed by atoms with Gasteiger partial charge in [0, 0.05) is 23.5 Å². The summed E-state index contributed by atoms with van der Waals surface area (Å²) in [5.41, 5.74) is -1.52. The average molecular weight is 337 g/mol. The van der Waals surface area contributed by atoms with Gasteiger partial charge in [0.2, 0.25) is 5.43 Å². The van der Waals surface area contributed by atoms with Crippen molar-refractivity contribution < 1.29 is 23.1 Å². The molecule has 1 aromatic carbocycles. The molecular weight excluding hydrogens is 323 g/mol. The van der Waals surface area contributed by atoms with Gasteiger partial charge in [-0.15, -0.1) is 0 Å². The molecule has 0 spiro atoms. The number of benzene rings is 1. The molecule has 0 saturated heterocycles. The number of carbonyl (C=O) groups is 1. The topological polar surface area (TPSA) is 59.3 Å². The lowest BCUT2D eigenvalue weighted by atomic mass is 9.99. The molecule has 4 nitrogen and oxygen atoms in total. The second-order valence-corrected chi connectivity index (χ2v) is 5.85. The van der Waals surface area contributed by atoms with Crippen molar-refractivity contribution >= 4 is 5.97 Å². The number of aromatic carboxylic acids is 1. The zero-order valence-corrected chi connectivity index (χ0v) is 12.7. The molecule has 7 heteroatoms. The zero-order chi connectivity index (χ0) is 17.6. The van der Waals surface area contributed by atoms with Crippen molar-refractivity contribution in [3.8, 4) is 11.1 Å². The number of rotatable bonds is 3. The van der Waals surface area contributed by atoms with Gasteiger partial charge in [0.15, 0.2) is 0 Å². The first-order valence-corrected chi connectivity index (χ1v) is 7.37. The molecule has 0 radical (unpaired) electrons. The van der Waals surface area contributed by atoms with E-state index in [0.29, 0.717) is 5.69 Å². The molecule has 1 N–H and O–H groups in total. The Kier molecular flexibility index (Phi) is 3.74. The number of halogens is 3. The first-order valence-electron chi connectivity index (χ1n) is 7.37. The maximum atomic E-state index is 12.9. The largest absolute Gasteiger partial charge is 0.477 e. The molecule has 0 unspecified atom stereocenters. The molecule has 1 fully saturated rings. The molecule has 0 aliphatic heterocycles. The molecular formula is C17H14F3NO3. The van der Waals surface area contributed by atoms with Gasteiger partial charge in [0.05, 0.1) is 5.56 Å². The van der Waals surface area contributed by atoms with Gasteiger partial charge in [-0.3, -0.25) is 4.79 Å². The summed E-state index contributed by atoms with van der Waals surface area (Å²) in [6.45, 7) is 1.63. The minimum Gasteiger partial charge on any atom is -0.477 e. The Bertz CT molecular complexity index is 880. The molecule has 0 bridgehead atoms. The summed E-state index contributed by atoms with van der Waals surface area (Å²) < 4.78 is 40.5. The molecule has 126 valence electrons. The summed E-state index contributed by atoms with van der Waals surface area (Å²) >= 11 is 0. The van der Waals surface area contributed by atoms with Crippen LogP contribution in [0.2, 0.25) is 0 Å². The van der Waals surface area contributed by atoms with Crippen molar-refractivity contribution in [3.63, 3.8) is 0 Å². The second-order valence-electron chi connectivity index (χ2n) is 5.85. The van der Waals surface area contributed by atoms with E-state index >= 15 is 0 Å². The van der Waals surface area contributed by atoms with Crippen LogP contribution in [-0.4, -0.2) is 15.6 Å². The minimum absolute atomic E-state index is 0.00731. The first-order chi connectivity index (χ1) is 11.2. The van der Waals surface area contributed by atoms with Crippen LogP contribution < -0.4 is 5.43 Å². The molecule has 1 saturated carbocycles. The van der Waals surface area contributed by atoms with Crippen LogP contribution in [-0.2, 0) is 6.18 Å².